The van der Waals surface area contributed by atoms with Crippen LogP contribution in [0, 0.1) is 6.92 Å². The predicted molar refractivity (Wildman–Crippen MR) is 92.9 cm³/mol. The van der Waals surface area contributed by atoms with Gasteiger partial charge in [-0.2, -0.15) is 0 Å². The van der Waals surface area contributed by atoms with Crippen LogP contribution in [0.2, 0.25) is 0 Å². The largest absolute Gasteiger partial charge is 0.399 e. The van der Waals surface area contributed by atoms with Gasteiger partial charge in [-0.25, -0.2) is 0 Å². The lowest BCUT2D eigenvalue weighted by Crippen LogP contribution is -2.24. The summed E-state index contributed by atoms with van der Waals surface area (Å²) in [7, 11) is 0. The fourth-order valence-corrected chi connectivity index (χ4v) is 2.42. The Morgan fingerprint density at radius 2 is 1.87 bits per heavy atom. The van der Waals surface area contributed by atoms with Gasteiger partial charge in [0.25, 0.3) is 0 Å². The number of anilines is 1. The third kappa shape index (κ3) is 3.86. The molecule has 0 saturated heterocycles. The van der Waals surface area contributed by atoms with Gasteiger partial charge in [0.15, 0.2) is 0 Å². The lowest BCUT2D eigenvalue weighted by molar-refractivity contribution is -0.120. The van der Waals surface area contributed by atoms with E-state index in [0.717, 1.165) is 22.2 Å². The first-order valence-electron chi connectivity index (χ1n) is 7.57. The first kappa shape index (κ1) is 15.0. The number of benzene rings is 2. The Balaban J connectivity index is 1.63. The molecule has 1 amide bonds. The van der Waals surface area contributed by atoms with Crippen LogP contribution in [-0.4, -0.2) is 10.9 Å². The zero-order chi connectivity index (χ0) is 16.2. The number of nitrogens with two attached hydrogens (primary N) is 1. The van der Waals surface area contributed by atoms with Crippen LogP contribution in [0.1, 0.15) is 16.8 Å². The predicted octanol–water partition coefficient (Wildman–Crippen LogP) is 2.98. The van der Waals surface area contributed by atoms with E-state index in [2.05, 4.69) is 10.3 Å². The maximum Gasteiger partial charge on any atom is 0.226 e. The number of hydrogen-bond acceptors (Lipinski definition) is 3. The molecule has 116 valence electrons. The molecule has 0 aliphatic rings. The summed E-state index contributed by atoms with van der Waals surface area (Å²) in [6.45, 7) is 2.57. The lowest BCUT2D eigenvalue weighted by Gasteiger charge is -2.07. The van der Waals surface area contributed by atoms with Gasteiger partial charge in [0, 0.05) is 17.6 Å². The lowest BCUT2D eigenvalue weighted by atomic mass is 10.1. The van der Waals surface area contributed by atoms with Gasteiger partial charge < -0.3 is 11.1 Å². The average molecular weight is 305 g/mol. The summed E-state index contributed by atoms with van der Waals surface area (Å²) in [5.74, 6) is -0.0344. The van der Waals surface area contributed by atoms with Crippen LogP contribution in [0.3, 0.4) is 0 Å². The Bertz CT molecular complexity index is 841. The number of nitrogens with one attached hydrogen (secondary N) is 1. The molecule has 0 unspecified atom stereocenters. The second kappa shape index (κ2) is 6.48. The molecule has 0 atom stereocenters. The molecule has 3 rings (SSSR count). The van der Waals surface area contributed by atoms with E-state index < -0.39 is 0 Å². The molecule has 1 heterocycles. The number of nitrogen functional groups attached to an aromatic ring is 1. The monoisotopic (exact) mass is 305 g/mol. The number of amides is 1. The third-order valence-corrected chi connectivity index (χ3v) is 3.72. The minimum absolute atomic E-state index is 0.0344. The molecule has 3 aromatic rings. The van der Waals surface area contributed by atoms with Crippen molar-refractivity contribution in [2.75, 3.05) is 5.73 Å². The smallest absolute Gasteiger partial charge is 0.226 e. The Hall–Kier alpha value is -2.88. The van der Waals surface area contributed by atoms with Crippen LogP contribution in [0.25, 0.3) is 10.9 Å². The fourth-order valence-electron chi connectivity index (χ4n) is 2.42. The van der Waals surface area contributed by atoms with E-state index in [9.17, 15) is 4.79 Å². The standard InChI is InChI=1S/C19H19N3O/c1-13-2-4-14(5-3-13)12-21-19(23)11-17-8-6-15-10-16(20)7-9-18(15)22-17/h2-10H,11-12,20H2,1H3,(H,21,23). The Morgan fingerprint density at radius 1 is 1.09 bits per heavy atom. The highest BCUT2D eigenvalue weighted by atomic mass is 16.1. The van der Waals surface area contributed by atoms with Crippen molar-refractivity contribution in [1.29, 1.82) is 0 Å². The molecular weight excluding hydrogens is 286 g/mol. The number of aromatic nitrogens is 1. The molecule has 0 bridgehead atoms. The van der Waals surface area contributed by atoms with Crippen molar-refractivity contribution in [2.24, 2.45) is 0 Å². The van der Waals surface area contributed by atoms with Crippen LogP contribution in [-0.2, 0) is 17.8 Å². The molecule has 0 fully saturated rings. The van der Waals surface area contributed by atoms with Gasteiger partial charge in [-0.15, -0.1) is 0 Å². The molecule has 4 heteroatoms. The van der Waals surface area contributed by atoms with Crippen LogP contribution in [0.15, 0.2) is 54.6 Å². The van der Waals surface area contributed by atoms with Crippen LogP contribution >= 0.6 is 0 Å². The quantitative estimate of drug-likeness (QED) is 0.728. The summed E-state index contributed by atoms with van der Waals surface area (Å²) >= 11 is 0. The zero-order valence-corrected chi connectivity index (χ0v) is 13.0. The number of pyridine rings is 1. The molecular formula is C19H19N3O. The molecule has 0 radical (unpaired) electrons. The van der Waals surface area contributed by atoms with Gasteiger partial charge >= 0.3 is 0 Å². The summed E-state index contributed by atoms with van der Waals surface area (Å²) in [5, 5.41) is 3.91. The Labute approximate surface area is 135 Å². The summed E-state index contributed by atoms with van der Waals surface area (Å²) in [4.78, 5) is 16.6. The second-order valence-corrected chi connectivity index (χ2v) is 5.69. The average Bonchev–Trinajstić information content (AvgIpc) is 2.54. The van der Waals surface area contributed by atoms with Crippen molar-refractivity contribution < 1.29 is 4.79 Å². The first-order valence-corrected chi connectivity index (χ1v) is 7.57. The van der Waals surface area contributed by atoms with Gasteiger partial charge in [-0.05, 0) is 36.8 Å². The third-order valence-electron chi connectivity index (χ3n) is 3.72. The number of carbonyl (C=O) groups is 1. The van der Waals surface area contributed by atoms with Crippen LogP contribution in [0.5, 0.6) is 0 Å². The summed E-state index contributed by atoms with van der Waals surface area (Å²) in [6, 6.07) is 17.5. The Kier molecular flexibility index (Phi) is 4.24. The molecule has 4 nitrogen and oxygen atoms in total. The van der Waals surface area contributed by atoms with Gasteiger partial charge in [0.1, 0.15) is 0 Å². The number of fused-ring (bicyclic) bond motifs is 1. The molecule has 3 N–H and O–H groups in total. The minimum Gasteiger partial charge on any atom is -0.399 e. The normalized spacial score (nSPS) is 10.7. The second-order valence-electron chi connectivity index (χ2n) is 5.69. The van der Waals surface area contributed by atoms with E-state index in [0.29, 0.717) is 12.2 Å². The number of nitrogens with zero attached hydrogens (tertiary/aromatic N) is 1. The highest BCUT2D eigenvalue weighted by molar-refractivity contribution is 5.83. The molecule has 2 aromatic carbocycles. The van der Waals surface area contributed by atoms with E-state index in [1.807, 2.05) is 61.5 Å². The molecule has 0 spiro atoms. The van der Waals surface area contributed by atoms with Gasteiger partial charge in [-0.1, -0.05) is 35.9 Å². The van der Waals surface area contributed by atoms with Crippen LogP contribution < -0.4 is 11.1 Å². The summed E-state index contributed by atoms with van der Waals surface area (Å²) in [5.41, 5.74) is 10.4. The molecule has 1 aromatic heterocycles. The zero-order valence-electron chi connectivity index (χ0n) is 13.0. The van der Waals surface area contributed by atoms with Gasteiger partial charge in [0.2, 0.25) is 5.91 Å². The number of aryl methyl sites for hydroxylation is 1. The molecule has 0 saturated carbocycles. The highest BCUT2D eigenvalue weighted by Gasteiger charge is 2.06. The van der Waals surface area contributed by atoms with E-state index in [1.165, 1.54) is 5.56 Å². The van der Waals surface area contributed by atoms with Crippen molar-refractivity contribution >= 4 is 22.5 Å². The van der Waals surface area contributed by atoms with E-state index in [1.54, 1.807) is 0 Å². The molecule has 23 heavy (non-hydrogen) atoms. The van der Waals surface area contributed by atoms with Gasteiger partial charge in [0.05, 0.1) is 17.6 Å². The van der Waals surface area contributed by atoms with E-state index in [-0.39, 0.29) is 12.3 Å². The Morgan fingerprint density at radius 3 is 2.65 bits per heavy atom. The van der Waals surface area contributed by atoms with Crippen molar-refractivity contribution in [3.8, 4) is 0 Å². The highest BCUT2D eigenvalue weighted by Crippen LogP contribution is 2.16. The van der Waals surface area contributed by atoms with Crippen molar-refractivity contribution in [1.82, 2.24) is 10.3 Å². The van der Waals surface area contributed by atoms with Gasteiger partial charge in [-0.3, -0.25) is 9.78 Å². The maximum atomic E-state index is 12.1. The summed E-state index contributed by atoms with van der Waals surface area (Å²) in [6.07, 6.45) is 0.270. The van der Waals surface area contributed by atoms with Crippen molar-refractivity contribution in [3.63, 3.8) is 0 Å². The summed E-state index contributed by atoms with van der Waals surface area (Å²) < 4.78 is 0. The molecule has 0 aliphatic heterocycles. The molecule has 0 aliphatic carbocycles. The fraction of sp³-hybridized carbons (Fsp3) is 0.158. The number of rotatable bonds is 4. The number of carbonyl (C=O) groups excluding carboxylic acids is 1. The van der Waals surface area contributed by atoms with E-state index in [4.69, 9.17) is 5.73 Å². The van der Waals surface area contributed by atoms with Crippen molar-refractivity contribution in [3.05, 3.63) is 71.4 Å². The SMILES string of the molecule is Cc1ccc(CNC(=O)Cc2ccc3cc(N)ccc3n2)cc1. The van der Waals surface area contributed by atoms with Crippen LogP contribution in [0.4, 0.5) is 5.69 Å². The van der Waals surface area contributed by atoms with E-state index >= 15 is 0 Å². The maximum absolute atomic E-state index is 12.1. The topological polar surface area (TPSA) is 68.0 Å². The number of hydrogen-bond donors (Lipinski definition) is 2. The van der Waals surface area contributed by atoms with Crippen molar-refractivity contribution in [2.45, 2.75) is 19.9 Å². The minimum atomic E-state index is -0.0344. The first-order chi connectivity index (χ1) is 11.1.